The van der Waals surface area contributed by atoms with E-state index >= 15 is 0 Å². The minimum atomic E-state index is 0. The van der Waals surface area contributed by atoms with Gasteiger partial charge in [0.1, 0.15) is 0 Å². The largest absolute Gasteiger partial charge is 4.00 e. The van der Waals surface area contributed by atoms with E-state index in [1.54, 1.807) is 0 Å². The minimum Gasteiger partial charge on any atom is -0.387 e. The van der Waals surface area contributed by atoms with Gasteiger partial charge in [-0.25, -0.2) is 0 Å². The maximum absolute atomic E-state index is 4.86. The summed E-state index contributed by atoms with van der Waals surface area (Å²) in [7, 11) is 0. The Morgan fingerprint density at radius 3 is 0.376 bits per heavy atom. The van der Waals surface area contributed by atoms with Crippen molar-refractivity contribution < 1.29 is 60.2 Å². The first-order chi connectivity index (χ1) is 41.1. The molecule has 0 aromatic rings. The van der Waals surface area contributed by atoms with Crippen LogP contribution in [0, 0.1) is 0 Å². The van der Waals surface area contributed by atoms with Gasteiger partial charge in [-0.1, -0.05) is 362 Å². The molecule has 0 amide bonds. The molecule has 0 aromatic heterocycles. The van der Waals surface area contributed by atoms with Crippen molar-refractivity contribution in [2.75, 3.05) is 26.4 Å². The van der Waals surface area contributed by atoms with Crippen molar-refractivity contribution in [1.29, 1.82) is 0 Å². The van der Waals surface area contributed by atoms with Gasteiger partial charge in [0, 0.05) is 0 Å². The van der Waals surface area contributed by atoms with Crippen molar-refractivity contribution >= 4 is 117 Å². The quantitative estimate of drug-likeness (QED) is 0.0145. The molecule has 0 atom stereocenters. The van der Waals surface area contributed by atoms with E-state index in [-0.39, 0.29) is 38.6 Å². The Kier molecular flexibility index (Phi) is 102. The van der Waals surface area contributed by atoms with E-state index in [1.165, 1.54) is 334 Å². The van der Waals surface area contributed by atoms with Crippen LogP contribution in [0.25, 0.3) is 0 Å². The zero-order chi connectivity index (χ0) is 62.4. The third kappa shape index (κ3) is 110. The van der Waals surface area contributed by atoms with Gasteiger partial charge >= 0.3 is 21.1 Å². The van der Waals surface area contributed by atoms with Gasteiger partial charge in [-0.2, -0.15) is 19.6 Å². The van der Waals surface area contributed by atoms with Crippen molar-refractivity contribution in [3.05, 3.63) is 0 Å². The molecule has 0 bridgehead atoms. The van der Waals surface area contributed by atoms with Crippen LogP contribution in [0.2, 0.25) is 0 Å². The predicted molar refractivity (Wildman–Crippen MR) is 389 cm³/mol. The van der Waals surface area contributed by atoms with Crippen LogP contribution in [0.4, 0.5) is 0 Å². The molecule has 0 aliphatic carbocycles. The Hall–Kier alpha value is 0.968. The Bertz CT molecular complexity index is 1080. The normalized spacial score (nSPS) is 10.6. The second-order valence-electron chi connectivity index (χ2n) is 23.0. The van der Waals surface area contributed by atoms with E-state index in [1.807, 2.05) is 0 Å². The molecule has 0 fully saturated rings. The van der Waals surface area contributed by atoms with Gasteiger partial charge < -0.3 is 119 Å². The zero-order valence-corrected chi connectivity index (χ0v) is 63.9. The number of hydrogen-bond acceptors (Lipinski definition) is 16. The minimum absolute atomic E-state index is 0. The summed E-state index contributed by atoms with van der Waals surface area (Å²) in [6.07, 6.45) is 76.0. The predicted octanol–water partition coefficient (Wildman–Crippen LogP) is 25.0. The number of rotatable bonds is 64. The van der Waals surface area contributed by atoms with Crippen LogP contribution in [-0.2, 0) is 111 Å². The summed E-state index contributed by atoms with van der Waals surface area (Å²) < 4.78 is 0.168. The first kappa shape index (κ1) is 94.7. The van der Waals surface area contributed by atoms with Crippen molar-refractivity contribution in [2.45, 2.75) is 387 Å². The third-order valence-corrected chi connectivity index (χ3v) is 15.4. The monoisotopic (exact) mass is 1430 g/mol. The van der Waals surface area contributed by atoms with Gasteiger partial charge in [0.2, 0.25) is 0 Å². The molecule has 0 spiro atoms. The molecule has 0 heterocycles. The molecule has 17 heteroatoms. The van der Waals surface area contributed by atoms with Crippen LogP contribution in [-0.4, -0.2) is 44.0 Å². The van der Waals surface area contributed by atoms with Crippen molar-refractivity contribution in [3.63, 3.8) is 0 Å². The van der Waals surface area contributed by atoms with E-state index in [0.717, 1.165) is 25.7 Å². The van der Waals surface area contributed by atoms with Crippen LogP contribution >= 0.6 is 48.9 Å². The summed E-state index contributed by atoms with van der Waals surface area (Å²) in [5, 5.41) is 0. The first-order valence-corrected chi connectivity index (χ1v) is 38.4. The average molecular weight is 1430 g/mol. The van der Waals surface area contributed by atoms with Crippen LogP contribution in [0.15, 0.2) is 0 Å². The van der Waals surface area contributed by atoms with Crippen LogP contribution in [0.3, 0.4) is 0 Å². The molecular weight excluding hydrogens is 1300 g/mol. The molecular formula is C68H132MoO8S8. The van der Waals surface area contributed by atoms with E-state index in [9.17, 15) is 0 Å². The molecule has 0 saturated heterocycles. The molecule has 0 unspecified atom stereocenters. The molecule has 85 heavy (non-hydrogen) atoms. The molecule has 0 aliphatic rings. The Morgan fingerprint density at radius 1 is 0.188 bits per heavy atom. The Morgan fingerprint density at radius 2 is 0.282 bits per heavy atom. The fourth-order valence-electron chi connectivity index (χ4n) is 9.78. The molecule has 0 aliphatic heterocycles. The van der Waals surface area contributed by atoms with Crippen LogP contribution in [0.5, 0.6) is 0 Å². The second kappa shape index (κ2) is 91.4. The van der Waals surface area contributed by atoms with E-state index in [2.05, 4.69) is 147 Å². The van der Waals surface area contributed by atoms with Crippen molar-refractivity contribution in [3.8, 4) is 0 Å². The zero-order valence-electron chi connectivity index (χ0n) is 55.4. The summed E-state index contributed by atoms with van der Waals surface area (Å²) in [5.41, 5.74) is 0. The van der Waals surface area contributed by atoms with E-state index in [0.29, 0.717) is 26.4 Å². The van der Waals surface area contributed by atoms with E-state index in [4.69, 9.17) is 19.6 Å². The number of thiocarbonyl (C=S) groups is 4. The fraction of sp³-hybridized carbons (Fsp3) is 0.941. The SMILES string of the molecule is CCCCCCCCCCCCCCCCOOC(=S)[S-].CCCCCCCCCCCCCCCCOOC(=S)[S-].CCCCCCCCCCCCCCCCOOC(=S)[S-].CCCCCCCCCCCCCCCCOOC(=S)[S-].[Mo+4]. The number of unbranched alkanes of at least 4 members (excludes halogenated alkanes) is 52. The topological polar surface area (TPSA) is 73.8 Å². The summed E-state index contributed by atoms with van der Waals surface area (Å²) in [6, 6.07) is 0. The molecule has 0 rings (SSSR count). The summed E-state index contributed by atoms with van der Waals surface area (Å²) in [6.45, 7) is 11.5. The maximum atomic E-state index is 4.86. The molecule has 0 radical (unpaired) electrons. The summed E-state index contributed by atoms with van der Waals surface area (Å²) in [5.74, 6) is 0. The van der Waals surface area contributed by atoms with Gasteiger partial charge in [-0.05, 0) is 25.7 Å². The maximum Gasteiger partial charge on any atom is 4.00 e. The molecule has 8 nitrogen and oxygen atoms in total. The average Bonchev–Trinajstić information content (AvgIpc) is 3.47. The van der Waals surface area contributed by atoms with Crippen LogP contribution < -0.4 is 0 Å². The first-order valence-electron chi connectivity index (χ1n) is 35.1. The Labute approximate surface area is 585 Å². The smallest absolute Gasteiger partial charge is 0.387 e. The van der Waals surface area contributed by atoms with Crippen molar-refractivity contribution in [1.82, 2.24) is 0 Å². The van der Waals surface area contributed by atoms with Gasteiger partial charge in [0.25, 0.3) is 0 Å². The van der Waals surface area contributed by atoms with Gasteiger partial charge in [0.15, 0.2) is 0 Å². The van der Waals surface area contributed by atoms with Crippen LogP contribution in [0.1, 0.15) is 387 Å². The summed E-state index contributed by atoms with van der Waals surface area (Å²) >= 11 is 36.5. The second-order valence-corrected chi connectivity index (χ2v) is 27.0. The molecule has 506 valence electrons. The van der Waals surface area contributed by atoms with Gasteiger partial charge in [0.05, 0.1) is 44.0 Å². The van der Waals surface area contributed by atoms with Gasteiger partial charge in [-0.15, -0.1) is 0 Å². The third-order valence-electron chi connectivity index (χ3n) is 14.8. The summed E-state index contributed by atoms with van der Waals surface area (Å²) in [4.78, 5) is 37.8. The fourth-order valence-corrected chi connectivity index (χ4v) is 10.2. The van der Waals surface area contributed by atoms with Crippen molar-refractivity contribution in [2.24, 2.45) is 0 Å². The molecule has 0 aromatic carbocycles. The molecule has 0 saturated carbocycles. The number of hydrogen-bond donors (Lipinski definition) is 0. The van der Waals surface area contributed by atoms with E-state index < -0.39 is 0 Å². The van der Waals surface area contributed by atoms with Gasteiger partial charge in [-0.3, -0.25) is 0 Å². The standard InChI is InChI=1S/4C17H34O2S2.Mo/c4*1-2-3-4-5-6-7-8-9-10-11-12-13-14-15-16-18-19-17(20)21;/h4*2-16H2,1H3,(H,20,21);/q;;;;+4/p-4. The molecule has 0 N–H and O–H groups in total. The Balaban J connectivity index is -0.000000333.